The van der Waals surface area contributed by atoms with E-state index in [1.807, 2.05) is 60.7 Å². The number of benzene rings is 2. The van der Waals surface area contributed by atoms with Crippen LogP contribution in [0, 0.1) is 0 Å². The minimum absolute atomic E-state index is 0.117. The molecule has 24 heavy (non-hydrogen) atoms. The summed E-state index contributed by atoms with van der Waals surface area (Å²) >= 11 is 0. The van der Waals surface area contributed by atoms with Crippen molar-refractivity contribution in [3.63, 3.8) is 0 Å². The van der Waals surface area contributed by atoms with E-state index in [4.69, 9.17) is 4.74 Å². The van der Waals surface area contributed by atoms with Crippen molar-refractivity contribution in [1.82, 2.24) is 20.5 Å². The monoisotopic (exact) mass is 322 g/mol. The van der Waals surface area contributed by atoms with Crippen LogP contribution >= 0.6 is 0 Å². The van der Waals surface area contributed by atoms with Gasteiger partial charge >= 0.3 is 0 Å². The number of hydrogen-bond acceptors (Lipinski definition) is 4. The van der Waals surface area contributed by atoms with E-state index in [0.717, 1.165) is 11.3 Å². The van der Waals surface area contributed by atoms with Gasteiger partial charge in [0.1, 0.15) is 12.4 Å². The van der Waals surface area contributed by atoms with Crippen LogP contribution in [0.25, 0.3) is 0 Å². The lowest BCUT2D eigenvalue weighted by atomic mass is 10.2. The van der Waals surface area contributed by atoms with Crippen LogP contribution in [0.3, 0.4) is 0 Å². The number of aromatic amines is 1. The van der Waals surface area contributed by atoms with Gasteiger partial charge in [0.15, 0.2) is 11.6 Å². The number of carbonyl (C=O) groups is 1. The molecule has 0 aliphatic rings. The molecule has 1 heterocycles. The average molecular weight is 322 g/mol. The SMILES string of the molecule is O=C(Cc1n[nH]c(COc2ccccc2)n1)NCc1ccccc1. The van der Waals surface area contributed by atoms with Gasteiger partial charge in [0.2, 0.25) is 5.91 Å². The first-order valence-corrected chi connectivity index (χ1v) is 7.68. The van der Waals surface area contributed by atoms with Gasteiger partial charge < -0.3 is 10.1 Å². The smallest absolute Gasteiger partial charge is 0.228 e. The fourth-order valence-electron chi connectivity index (χ4n) is 2.15. The molecule has 0 saturated heterocycles. The molecule has 0 fully saturated rings. The Labute approximate surface area is 139 Å². The third-order valence-electron chi connectivity index (χ3n) is 3.35. The molecule has 0 atom stereocenters. The minimum atomic E-state index is -0.117. The average Bonchev–Trinajstić information content (AvgIpc) is 3.07. The van der Waals surface area contributed by atoms with Crippen LogP contribution in [0.5, 0.6) is 5.75 Å². The molecule has 0 saturated carbocycles. The normalized spacial score (nSPS) is 10.3. The maximum atomic E-state index is 11.9. The maximum Gasteiger partial charge on any atom is 0.228 e. The quantitative estimate of drug-likeness (QED) is 0.699. The largest absolute Gasteiger partial charge is 0.486 e. The summed E-state index contributed by atoms with van der Waals surface area (Å²) in [7, 11) is 0. The first kappa shape index (κ1) is 15.7. The molecule has 0 spiro atoms. The summed E-state index contributed by atoms with van der Waals surface area (Å²) in [6.07, 6.45) is 0.134. The summed E-state index contributed by atoms with van der Waals surface area (Å²) in [5.41, 5.74) is 1.05. The Bertz CT molecular complexity index is 772. The number of hydrogen-bond donors (Lipinski definition) is 2. The summed E-state index contributed by atoms with van der Waals surface area (Å²) in [6, 6.07) is 19.2. The van der Waals surface area contributed by atoms with Gasteiger partial charge in [-0.15, -0.1) is 0 Å². The van der Waals surface area contributed by atoms with Crippen molar-refractivity contribution in [1.29, 1.82) is 0 Å². The van der Waals surface area contributed by atoms with Crippen molar-refractivity contribution in [2.75, 3.05) is 0 Å². The number of H-pyrrole nitrogens is 1. The third-order valence-corrected chi connectivity index (χ3v) is 3.35. The summed E-state index contributed by atoms with van der Waals surface area (Å²) in [6.45, 7) is 0.775. The van der Waals surface area contributed by atoms with Crippen LogP contribution in [0.4, 0.5) is 0 Å². The van der Waals surface area contributed by atoms with E-state index < -0.39 is 0 Å². The van der Waals surface area contributed by atoms with Crippen LogP contribution in [0.1, 0.15) is 17.2 Å². The highest BCUT2D eigenvalue weighted by Crippen LogP contribution is 2.10. The van der Waals surface area contributed by atoms with Crippen molar-refractivity contribution in [2.45, 2.75) is 19.6 Å². The molecule has 0 bridgehead atoms. The topological polar surface area (TPSA) is 79.9 Å². The Morgan fingerprint density at radius 3 is 2.50 bits per heavy atom. The number of aromatic nitrogens is 3. The molecule has 1 amide bonds. The van der Waals surface area contributed by atoms with Gasteiger partial charge in [-0.05, 0) is 17.7 Å². The predicted octanol–water partition coefficient (Wildman–Crippen LogP) is 2.24. The van der Waals surface area contributed by atoms with E-state index in [0.29, 0.717) is 18.2 Å². The van der Waals surface area contributed by atoms with Gasteiger partial charge in [-0.3, -0.25) is 9.89 Å². The number of ether oxygens (including phenoxy) is 1. The van der Waals surface area contributed by atoms with Gasteiger partial charge in [0.25, 0.3) is 0 Å². The summed E-state index contributed by atoms with van der Waals surface area (Å²) in [4.78, 5) is 16.2. The second-order valence-corrected chi connectivity index (χ2v) is 5.24. The van der Waals surface area contributed by atoms with E-state index in [1.54, 1.807) is 0 Å². The number of nitrogens with zero attached hydrogens (tertiary/aromatic N) is 2. The third kappa shape index (κ3) is 4.67. The van der Waals surface area contributed by atoms with Gasteiger partial charge in [0.05, 0.1) is 6.42 Å². The molecule has 3 rings (SSSR count). The molecule has 0 aliphatic carbocycles. The Balaban J connectivity index is 1.46. The zero-order chi connectivity index (χ0) is 16.6. The number of amides is 1. The summed E-state index contributed by atoms with van der Waals surface area (Å²) < 4.78 is 5.58. The van der Waals surface area contributed by atoms with Crippen LogP contribution in [-0.2, 0) is 24.4 Å². The fraction of sp³-hybridized carbons (Fsp3) is 0.167. The highest BCUT2D eigenvalue weighted by molar-refractivity contribution is 5.77. The molecule has 0 radical (unpaired) electrons. The zero-order valence-electron chi connectivity index (χ0n) is 13.1. The molecule has 1 aromatic heterocycles. The second kappa shape index (κ2) is 7.92. The van der Waals surface area contributed by atoms with Gasteiger partial charge in [-0.2, -0.15) is 5.10 Å². The van der Waals surface area contributed by atoms with Gasteiger partial charge in [-0.1, -0.05) is 48.5 Å². The van der Waals surface area contributed by atoms with Crippen molar-refractivity contribution in [3.05, 3.63) is 77.9 Å². The van der Waals surface area contributed by atoms with Crippen molar-refractivity contribution >= 4 is 5.91 Å². The Hall–Kier alpha value is -3.15. The predicted molar refractivity (Wildman–Crippen MR) is 89.1 cm³/mol. The molecule has 2 N–H and O–H groups in total. The van der Waals surface area contributed by atoms with E-state index in [-0.39, 0.29) is 18.9 Å². The first-order valence-electron chi connectivity index (χ1n) is 7.68. The number of para-hydroxylation sites is 1. The molecule has 3 aromatic rings. The summed E-state index contributed by atoms with van der Waals surface area (Å²) in [5.74, 6) is 1.68. The van der Waals surface area contributed by atoms with E-state index in [1.165, 1.54) is 0 Å². The lowest BCUT2D eigenvalue weighted by Crippen LogP contribution is -2.25. The molecular weight excluding hydrogens is 304 g/mol. The molecule has 6 heteroatoms. The fourth-order valence-corrected chi connectivity index (χ4v) is 2.15. The maximum absolute atomic E-state index is 11.9. The first-order chi connectivity index (χ1) is 11.8. The second-order valence-electron chi connectivity index (χ2n) is 5.24. The van der Waals surface area contributed by atoms with E-state index in [2.05, 4.69) is 20.5 Å². The lowest BCUT2D eigenvalue weighted by molar-refractivity contribution is -0.120. The van der Waals surface area contributed by atoms with Gasteiger partial charge in [-0.25, -0.2) is 4.98 Å². The van der Waals surface area contributed by atoms with Crippen LogP contribution < -0.4 is 10.1 Å². The number of carbonyl (C=O) groups excluding carboxylic acids is 1. The molecule has 0 aliphatic heterocycles. The van der Waals surface area contributed by atoms with Crippen LogP contribution in [-0.4, -0.2) is 21.1 Å². The zero-order valence-corrected chi connectivity index (χ0v) is 13.1. The van der Waals surface area contributed by atoms with E-state index >= 15 is 0 Å². The molecule has 0 unspecified atom stereocenters. The van der Waals surface area contributed by atoms with Crippen molar-refractivity contribution in [2.24, 2.45) is 0 Å². The summed E-state index contributed by atoms with van der Waals surface area (Å²) in [5, 5.41) is 9.69. The van der Waals surface area contributed by atoms with Crippen LogP contribution in [0.15, 0.2) is 60.7 Å². The number of rotatable bonds is 7. The van der Waals surface area contributed by atoms with Crippen LogP contribution in [0.2, 0.25) is 0 Å². The highest BCUT2D eigenvalue weighted by Gasteiger charge is 2.09. The minimum Gasteiger partial charge on any atom is -0.486 e. The molecule has 6 nitrogen and oxygen atoms in total. The van der Waals surface area contributed by atoms with E-state index in [9.17, 15) is 4.79 Å². The molecule has 122 valence electrons. The Kier molecular flexibility index (Phi) is 5.19. The molecule has 2 aromatic carbocycles. The highest BCUT2D eigenvalue weighted by atomic mass is 16.5. The van der Waals surface area contributed by atoms with Gasteiger partial charge in [0, 0.05) is 6.54 Å². The Morgan fingerprint density at radius 2 is 1.75 bits per heavy atom. The molecular formula is C18H18N4O2. The number of nitrogens with one attached hydrogen (secondary N) is 2. The van der Waals surface area contributed by atoms with Crippen molar-refractivity contribution < 1.29 is 9.53 Å². The lowest BCUT2D eigenvalue weighted by Gasteiger charge is -2.03. The standard InChI is InChI=1S/C18H18N4O2/c23-18(19-12-14-7-3-1-4-8-14)11-16-20-17(22-21-16)13-24-15-9-5-2-6-10-15/h1-10H,11-13H2,(H,19,23)(H,20,21,22). The van der Waals surface area contributed by atoms with Crippen molar-refractivity contribution in [3.8, 4) is 5.75 Å². The Morgan fingerprint density at radius 1 is 1.04 bits per heavy atom.